The molecular formula is C28H32F2N4O5. The minimum atomic E-state index is -3.10. The molecule has 1 amide bonds. The summed E-state index contributed by atoms with van der Waals surface area (Å²) in [6, 6.07) is 6.73. The number of nitrogens with one attached hydrogen (secondary N) is 1. The highest BCUT2D eigenvalue weighted by molar-refractivity contribution is 6.01. The van der Waals surface area contributed by atoms with Gasteiger partial charge in [0.2, 0.25) is 0 Å². The number of alkyl halides is 2. The van der Waals surface area contributed by atoms with Crippen LogP contribution in [0.15, 0.2) is 36.7 Å². The van der Waals surface area contributed by atoms with Crippen LogP contribution in [-0.4, -0.2) is 77.4 Å². The van der Waals surface area contributed by atoms with E-state index < -0.39 is 12.5 Å². The third-order valence-electron chi connectivity index (χ3n) is 7.76. The maximum Gasteiger partial charge on any atom is 0.387 e. The smallest absolute Gasteiger partial charge is 0.387 e. The minimum absolute atomic E-state index is 0.0432. The number of aliphatic hydroxyl groups excluding tert-OH is 1. The summed E-state index contributed by atoms with van der Waals surface area (Å²) in [6.07, 6.45) is 7.80. The molecule has 0 bridgehead atoms. The molecule has 1 aromatic carbocycles. The van der Waals surface area contributed by atoms with Crippen molar-refractivity contribution in [2.45, 2.75) is 50.9 Å². The molecule has 0 atom stereocenters. The Hall–Kier alpha value is -3.44. The molecule has 208 valence electrons. The van der Waals surface area contributed by atoms with Crippen LogP contribution in [0.1, 0.15) is 42.5 Å². The van der Waals surface area contributed by atoms with E-state index >= 15 is 0 Å². The number of imidazole rings is 1. The van der Waals surface area contributed by atoms with E-state index in [4.69, 9.17) is 14.2 Å². The van der Waals surface area contributed by atoms with Gasteiger partial charge in [-0.1, -0.05) is 0 Å². The first-order valence-corrected chi connectivity index (χ1v) is 13.3. The second kappa shape index (κ2) is 10.3. The first-order chi connectivity index (χ1) is 18.8. The molecule has 3 aromatic rings. The number of hydrogen-bond acceptors (Lipinski definition) is 7. The first kappa shape index (κ1) is 25.8. The van der Waals surface area contributed by atoms with Gasteiger partial charge in [0.25, 0.3) is 5.91 Å². The number of likely N-dealkylation sites (tertiary alicyclic amines) is 1. The molecule has 2 aromatic heterocycles. The molecule has 1 aliphatic heterocycles. The van der Waals surface area contributed by atoms with Crippen LogP contribution in [0.2, 0.25) is 0 Å². The fourth-order valence-electron chi connectivity index (χ4n) is 5.80. The standard InChI is InChI=1S/C28H32F2N4O5/c1-37-22-9-17(10-23(39-27(29)30)25(22)26(36)32-18-3-4-18)21-14-31-24-11-20(5-7-34(21)24)38-8-2-6-33-15-28(16-33)12-19(35)13-28/h5,7,9-11,14,18-19,27,35H,2-4,6,8,12-13,15-16H2,1H3,(H,32,36). The third kappa shape index (κ3) is 5.38. The summed E-state index contributed by atoms with van der Waals surface area (Å²) < 4.78 is 44.5. The Kier molecular flexibility index (Phi) is 6.80. The summed E-state index contributed by atoms with van der Waals surface area (Å²) in [7, 11) is 1.38. The van der Waals surface area contributed by atoms with Gasteiger partial charge in [-0.2, -0.15) is 8.78 Å². The van der Waals surface area contributed by atoms with Gasteiger partial charge >= 0.3 is 6.61 Å². The lowest BCUT2D eigenvalue weighted by Gasteiger charge is -2.58. The second-order valence-electron chi connectivity index (χ2n) is 10.9. The predicted molar refractivity (Wildman–Crippen MR) is 139 cm³/mol. The Balaban J connectivity index is 1.14. The van der Waals surface area contributed by atoms with Gasteiger partial charge in [-0.05, 0) is 50.3 Å². The number of amides is 1. The Morgan fingerprint density at radius 2 is 2.00 bits per heavy atom. The number of fused-ring (bicyclic) bond motifs is 1. The van der Waals surface area contributed by atoms with E-state index in [1.54, 1.807) is 12.3 Å². The van der Waals surface area contributed by atoms with Gasteiger partial charge < -0.3 is 29.5 Å². The molecular weight excluding hydrogens is 510 g/mol. The molecule has 0 radical (unpaired) electrons. The number of methoxy groups -OCH3 is 1. The summed E-state index contributed by atoms with van der Waals surface area (Å²) in [5.41, 5.74) is 2.07. The highest BCUT2D eigenvalue weighted by Gasteiger charge is 2.51. The minimum Gasteiger partial charge on any atom is -0.496 e. The fourth-order valence-corrected chi connectivity index (χ4v) is 5.80. The molecule has 2 saturated carbocycles. The van der Waals surface area contributed by atoms with Crippen LogP contribution >= 0.6 is 0 Å². The Morgan fingerprint density at radius 3 is 2.69 bits per heavy atom. The van der Waals surface area contributed by atoms with Crippen molar-refractivity contribution in [3.8, 4) is 28.5 Å². The molecule has 6 rings (SSSR count). The van der Waals surface area contributed by atoms with E-state index in [0.717, 1.165) is 51.7 Å². The van der Waals surface area contributed by atoms with Crippen LogP contribution in [0.5, 0.6) is 17.2 Å². The van der Waals surface area contributed by atoms with Crippen molar-refractivity contribution < 1.29 is 32.9 Å². The summed E-state index contributed by atoms with van der Waals surface area (Å²) >= 11 is 0. The van der Waals surface area contributed by atoms with Gasteiger partial charge in [0.05, 0.1) is 31.7 Å². The number of benzene rings is 1. The lowest BCUT2D eigenvalue weighted by Crippen LogP contribution is -2.63. The zero-order valence-electron chi connectivity index (χ0n) is 21.7. The largest absolute Gasteiger partial charge is 0.496 e. The van der Waals surface area contributed by atoms with E-state index in [1.165, 1.54) is 13.2 Å². The predicted octanol–water partition coefficient (Wildman–Crippen LogP) is 3.73. The number of hydrogen-bond donors (Lipinski definition) is 2. The number of ether oxygens (including phenoxy) is 3. The lowest BCUT2D eigenvalue weighted by molar-refractivity contribution is -0.128. The Morgan fingerprint density at radius 1 is 1.23 bits per heavy atom. The second-order valence-corrected chi connectivity index (χ2v) is 10.9. The van der Waals surface area contributed by atoms with E-state index in [0.29, 0.717) is 34.7 Å². The number of aliphatic hydroxyl groups is 1. The molecule has 1 saturated heterocycles. The summed E-state index contributed by atoms with van der Waals surface area (Å²) in [5.74, 6) is 0.0620. The highest BCUT2D eigenvalue weighted by Crippen LogP contribution is 2.48. The van der Waals surface area contributed by atoms with Crippen molar-refractivity contribution in [1.29, 1.82) is 0 Å². The van der Waals surface area contributed by atoms with E-state index in [1.807, 2.05) is 22.7 Å². The van der Waals surface area contributed by atoms with E-state index in [-0.39, 0.29) is 29.2 Å². The number of carbonyl (C=O) groups excluding carboxylic acids is 1. The summed E-state index contributed by atoms with van der Waals surface area (Å²) in [5, 5.41) is 12.3. The lowest BCUT2D eigenvalue weighted by atomic mass is 9.62. The topological polar surface area (TPSA) is 97.6 Å². The van der Waals surface area contributed by atoms with Crippen LogP contribution < -0.4 is 19.5 Å². The van der Waals surface area contributed by atoms with Crippen LogP contribution in [-0.2, 0) is 0 Å². The van der Waals surface area contributed by atoms with Crippen LogP contribution in [0.25, 0.3) is 16.9 Å². The van der Waals surface area contributed by atoms with Crippen LogP contribution in [0.4, 0.5) is 8.78 Å². The summed E-state index contributed by atoms with van der Waals surface area (Å²) in [4.78, 5) is 19.7. The number of halogens is 2. The fraction of sp³-hybridized carbons (Fsp3) is 0.500. The molecule has 2 N–H and O–H groups in total. The normalized spacial score (nSPS) is 18.7. The quantitative estimate of drug-likeness (QED) is 0.357. The zero-order chi connectivity index (χ0) is 27.1. The van der Waals surface area contributed by atoms with Crippen molar-refractivity contribution >= 4 is 11.6 Å². The zero-order valence-corrected chi connectivity index (χ0v) is 21.7. The number of carbonyl (C=O) groups is 1. The van der Waals surface area contributed by atoms with Crippen molar-refractivity contribution in [1.82, 2.24) is 19.6 Å². The van der Waals surface area contributed by atoms with Gasteiger partial charge in [-0.3, -0.25) is 9.20 Å². The van der Waals surface area contributed by atoms with Gasteiger partial charge in [0.15, 0.2) is 0 Å². The maximum atomic E-state index is 13.3. The molecule has 9 nitrogen and oxygen atoms in total. The third-order valence-corrected chi connectivity index (χ3v) is 7.76. The summed E-state index contributed by atoms with van der Waals surface area (Å²) in [6.45, 7) is 0.563. The maximum absolute atomic E-state index is 13.3. The van der Waals surface area contributed by atoms with Gasteiger partial charge in [0, 0.05) is 48.9 Å². The van der Waals surface area contributed by atoms with Gasteiger partial charge in [-0.25, -0.2) is 4.98 Å². The van der Waals surface area contributed by atoms with Gasteiger partial charge in [0.1, 0.15) is 28.5 Å². The SMILES string of the molecule is COc1cc(-c2cnc3cc(OCCCN4CC5(CC(O)C5)C4)ccn23)cc(OC(F)F)c1C(=O)NC1CC1. The highest BCUT2D eigenvalue weighted by atomic mass is 19.3. The first-order valence-electron chi connectivity index (χ1n) is 13.3. The molecule has 39 heavy (non-hydrogen) atoms. The number of rotatable bonds is 11. The number of nitrogens with zero attached hydrogens (tertiary/aromatic N) is 3. The van der Waals surface area contributed by atoms with Gasteiger partial charge in [-0.15, -0.1) is 0 Å². The van der Waals surface area contributed by atoms with E-state index in [9.17, 15) is 18.7 Å². The van der Waals surface area contributed by atoms with Crippen molar-refractivity contribution in [3.63, 3.8) is 0 Å². The average molecular weight is 543 g/mol. The van der Waals surface area contributed by atoms with Crippen LogP contribution in [0, 0.1) is 5.41 Å². The molecule has 3 fully saturated rings. The van der Waals surface area contributed by atoms with Crippen molar-refractivity contribution in [3.05, 3.63) is 42.2 Å². The Bertz CT molecular complexity index is 1360. The molecule has 3 aliphatic rings. The van der Waals surface area contributed by atoms with E-state index in [2.05, 4.69) is 15.2 Å². The molecule has 1 spiro atoms. The molecule has 0 unspecified atom stereocenters. The number of pyridine rings is 1. The van der Waals surface area contributed by atoms with Crippen LogP contribution in [0.3, 0.4) is 0 Å². The number of aromatic nitrogens is 2. The van der Waals surface area contributed by atoms with Crippen molar-refractivity contribution in [2.24, 2.45) is 5.41 Å². The monoisotopic (exact) mass is 542 g/mol. The Labute approximate surface area is 224 Å². The molecule has 3 heterocycles. The molecule has 2 aliphatic carbocycles. The average Bonchev–Trinajstić information content (AvgIpc) is 3.58. The molecule has 11 heteroatoms. The van der Waals surface area contributed by atoms with Crippen molar-refractivity contribution in [2.75, 3.05) is 33.4 Å².